The monoisotopic (exact) mass is 674 g/mol. The molecule has 10 rings (SSSR count). The second-order valence-corrected chi connectivity index (χ2v) is 19.3. The van der Waals surface area contributed by atoms with E-state index in [4.69, 9.17) is 20.3 Å². The first-order chi connectivity index (χ1) is 21.1. The maximum atomic E-state index is 12.4. The molecule has 0 spiro atoms. The van der Waals surface area contributed by atoms with Gasteiger partial charge in [0.2, 0.25) is 0 Å². The van der Waals surface area contributed by atoms with Crippen LogP contribution < -0.4 is 9.05 Å². The average Bonchev–Trinajstić information content (AvgIpc) is 2.85. The summed E-state index contributed by atoms with van der Waals surface area (Å²) in [7, 11) is -4.17. The Bertz CT molecular complexity index is 1340. The van der Waals surface area contributed by atoms with Gasteiger partial charge in [0.1, 0.15) is 5.60 Å². The Balaban J connectivity index is 0.000000132. The molecule has 6 atom stereocenters. The Morgan fingerprint density at radius 3 is 1.44 bits per heavy atom. The van der Waals surface area contributed by atoms with E-state index >= 15 is 0 Å². The minimum absolute atomic E-state index is 0.231. The molecule has 8 bridgehead atoms. The van der Waals surface area contributed by atoms with E-state index in [1.54, 1.807) is 24.3 Å². The van der Waals surface area contributed by atoms with Gasteiger partial charge in [0.15, 0.2) is 11.5 Å². The van der Waals surface area contributed by atoms with Crippen molar-refractivity contribution in [3.05, 3.63) is 60.7 Å². The van der Waals surface area contributed by atoms with Crippen LogP contribution in [0.2, 0.25) is 0 Å². The van der Waals surface area contributed by atoms with Crippen molar-refractivity contribution in [3.8, 4) is 11.5 Å². The summed E-state index contributed by atoms with van der Waals surface area (Å²) in [6.07, 6.45) is 14.4. The molecule has 0 saturated heterocycles. The van der Waals surface area contributed by atoms with Crippen molar-refractivity contribution in [2.45, 2.75) is 116 Å². The number of benzene rings is 2. The molecule has 0 heterocycles. The largest absolute Gasteiger partial charge is 0.750 e. The summed E-state index contributed by atoms with van der Waals surface area (Å²) in [5.41, 5.74) is 1.16. The van der Waals surface area contributed by atoms with Crippen molar-refractivity contribution in [3.63, 3.8) is 0 Å². The van der Waals surface area contributed by atoms with Crippen molar-refractivity contribution < 1.29 is 27.8 Å². The van der Waals surface area contributed by atoms with Crippen LogP contribution in [-0.4, -0.2) is 16.3 Å². The Kier molecular flexibility index (Phi) is 9.01. The van der Waals surface area contributed by atoms with Crippen LogP contribution in [0.5, 0.6) is 11.5 Å². The first-order valence-electron chi connectivity index (χ1n) is 16.6. The topological polar surface area (TPSA) is 82.1 Å². The molecule has 0 aliphatic heterocycles. The van der Waals surface area contributed by atoms with Gasteiger partial charge in [0.25, 0.3) is 11.2 Å². The van der Waals surface area contributed by atoms with E-state index in [1.807, 2.05) is 36.4 Å². The van der Waals surface area contributed by atoms with Gasteiger partial charge in [-0.25, -0.2) is 9.05 Å². The molecule has 0 radical (unpaired) electrons. The van der Waals surface area contributed by atoms with Gasteiger partial charge in [-0.1, -0.05) is 64.1 Å². The quantitative estimate of drug-likeness (QED) is 0.307. The van der Waals surface area contributed by atoms with Gasteiger partial charge in [0.05, 0.1) is 5.60 Å². The summed E-state index contributed by atoms with van der Waals surface area (Å²) in [4.78, 5) is 0. The van der Waals surface area contributed by atoms with Gasteiger partial charge in [0, 0.05) is 9.13 Å². The zero-order valence-corrected chi connectivity index (χ0v) is 29.7. The van der Waals surface area contributed by atoms with Crippen molar-refractivity contribution in [1.82, 2.24) is 0 Å². The normalized spacial score (nSPS) is 42.1. The van der Waals surface area contributed by atoms with E-state index in [2.05, 4.69) is 32.2 Å². The molecule has 9 heteroatoms. The van der Waals surface area contributed by atoms with Gasteiger partial charge in [-0.05, 0) is 135 Å². The second kappa shape index (κ2) is 12.2. The third-order valence-electron chi connectivity index (χ3n) is 11.3. The standard InChI is InChI=1S/C18H24O3P.C12H20O.C6H5ClO2P/c1-16-8-14-9-17(2,11-16)13-18(10-14,12-16)21-22(19)20-15-6-4-3-5-7-15;1-10-3-9-4-11(2,6-10)8-12(13,5-9)7-10;7-10(8)9-6-4-2-1-3-5-6/h3-7,14H,8-13H2,1-2H3;9,13H,3-8H2,1-2H3;1-5H/q+1;;+1. The van der Waals surface area contributed by atoms with Crippen LogP contribution in [0.25, 0.3) is 0 Å². The molecule has 8 aliphatic rings. The highest BCUT2D eigenvalue weighted by atomic mass is 35.7. The van der Waals surface area contributed by atoms with Crippen LogP contribution in [0.15, 0.2) is 60.7 Å². The number of para-hydroxylation sites is 2. The molecule has 45 heavy (non-hydrogen) atoms. The van der Waals surface area contributed by atoms with Crippen LogP contribution in [0.3, 0.4) is 0 Å². The first kappa shape index (κ1) is 33.4. The van der Waals surface area contributed by atoms with E-state index in [0.29, 0.717) is 33.2 Å². The second-order valence-electron chi connectivity index (χ2n) is 17.0. The van der Waals surface area contributed by atoms with E-state index in [1.165, 1.54) is 38.5 Å². The molecule has 6 unspecified atom stereocenters. The maximum Gasteiger partial charge on any atom is 0.750 e. The number of hydrogen-bond donors (Lipinski definition) is 1. The lowest BCUT2D eigenvalue weighted by Gasteiger charge is -2.63. The number of aliphatic hydroxyl groups is 1. The number of rotatable bonds is 6. The molecule has 8 saturated carbocycles. The predicted molar refractivity (Wildman–Crippen MR) is 179 cm³/mol. The van der Waals surface area contributed by atoms with Gasteiger partial charge < -0.3 is 5.11 Å². The van der Waals surface area contributed by atoms with E-state index in [-0.39, 0.29) is 11.2 Å². The van der Waals surface area contributed by atoms with Gasteiger partial charge in [-0.2, -0.15) is 0 Å². The summed E-state index contributed by atoms with van der Waals surface area (Å²) < 4.78 is 39.0. The van der Waals surface area contributed by atoms with Crippen LogP contribution >= 0.6 is 26.9 Å². The summed E-state index contributed by atoms with van der Waals surface area (Å²) in [6.45, 7) is 9.55. The first-order valence-corrected chi connectivity index (χ1v) is 19.7. The van der Waals surface area contributed by atoms with Crippen LogP contribution in [0.4, 0.5) is 0 Å². The predicted octanol–water partition coefficient (Wildman–Crippen LogP) is 11.2. The zero-order valence-electron chi connectivity index (χ0n) is 27.2. The minimum atomic E-state index is -2.11. The molecule has 6 nitrogen and oxygen atoms in total. The lowest BCUT2D eigenvalue weighted by Crippen LogP contribution is -2.58. The third-order valence-corrected chi connectivity index (χ3v) is 12.7. The highest BCUT2D eigenvalue weighted by molar-refractivity contribution is 7.70. The zero-order chi connectivity index (χ0) is 32.1. The van der Waals surface area contributed by atoms with Crippen molar-refractivity contribution in [2.75, 3.05) is 0 Å². The van der Waals surface area contributed by atoms with Crippen molar-refractivity contribution >= 4 is 26.9 Å². The van der Waals surface area contributed by atoms with Crippen LogP contribution in [-0.2, 0) is 13.7 Å². The molecule has 0 aromatic heterocycles. The number of hydrogen-bond acceptors (Lipinski definition) is 6. The Hall–Kier alpha value is -1.55. The molecular formula is C36H49ClO6P2+2. The molecule has 1 N–H and O–H groups in total. The Labute approximate surface area is 275 Å². The molecule has 244 valence electrons. The molecule has 2 aromatic carbocycles. The maximum absolute atomic E-state index is 12.4. The van der Waals surface area contributed by atoms with Crippen molar-refractivity contribution in [2.24, 2.45) is 33.5 Å². The van der Waals surface area contributed by atoms with Gasteiger partial charge in [-0.15, -0.1) is 4.52 Å². The number of halogens is 1. The minimum Gasteiger partial charge on any atom is -0.390 e. The Morgan fingerprint density at radius 2 is 1.04 bits per heavy atom. The Morgan fingerprint density at radius 1 is 0.622 bits per heavy atom. The third kappa shape index (κ3) is 7.95. The fraction of sp³-hybridized carbons (Fsp3) is 0.667. The van der Waals surface area contributed by atoms with E-state index < -0.39 is 15.6 Å². The van der Waals surface area contributed by atoms with E-state index in [0.717, 1.165) is 50.4 Å². The molecule has 8 aliphatic carbocycles. The van der Waals surface area contributed by atoms with Crippen LogP contribution in [0, 0.1) is 33.5 Å². The summed E-state index contributed by atoms with van der Waals surface area (Å²) in [5.74, 6) is 2.70. The molecule has 0 amide bonds. The average molecular weight is 675 g/mol. The molecule has 2 aromatic rings. The summed E-state index contributed by atoms with van der Waals surface area (Å²) in [6, 6.07) is 18.1. The lowest BCUT2D eigenvalue weighted by atomic mass is 9.44. The fourth-order valence-corrected chi connectivity index (χ4v) is 13.5. The van der Waals surface area contributed by atoms with Gasteiger partial charge in [-0.3, -0.25) is 0 Å². The SMILES string of the molecule is CC12CC3CC(C)(C1)CC(O)(C3)C2.CC12CC3CC(C)(C1)CC(O[P+](=O)Oc1ccccc1)(C3)C2.O=[P+](Cl)Oc1ccccc1. The lowest BCUT2D eigenvalue weighted by molar-refractivity contribution is -0.189. The molecule has 8 fully saturated rings. The summed E-state index contributed by atoms with van der Waals surface area (Å²) >= 11 is 5.10. The molecular weight excluding hydrogens is 626 g/mol. The smallest absolute Gasteiger partial charge is 0.390 e. The van der Waals surface area contributed by atoms with Crippen molar-refractivity contribution in [1.29, 1.82) is 0 Å². The summed E-state index contributed by atoms with van der Waals surface area (Å²) in [5, 5.41) is 10.4. The van der Waals surface area contributed by atoms with Gasteiger partial charge >= 0.3 is 15.6 Å². The van der Waals surface area contributed by atoms with E-state index in [9.17, 15) is 14.2 Å². The fourth-order valence-electron chi connectivity index (χ4n) is 12.1. The highest BCUT2D eigenvalue weighted by Crippen LogP contribution is 2.69. The highest BCUT2D eigenvalue weighted by Gasteiger charge is 2.64. The van der Waals surface area contributed by atoms with Crippen LogP contribution in [0.1, 0.15) is 105 Å².